The van der Waals surface area contributed by atoms with Crippen molar-refractivity contribution in [3.63, 3.8) is 0 Å². The molecule has 1 heterocycles. The number of halogens is 1. The van der Waals surface area contributed by atoms with Gasteiger partial charge in [-0.25, -0.2) is 0 Å². The van der Waals surface area contributed by atoms with Crippen molar-refractivity contribution in [2.24, 2.45) is 0 Å². The van der Waals surface area contributed by atoms with Crippen LogP contribution in [0.1, 0.15) is 16.8 Å². The number of aromatic amines is 1. The standard InChI is InChI=1S/C23H20BrN3O4/c1-14-8-16(18(11-25)23(29)27-14)17-9-20(30-2)21(10-19(17)24)31-13-22(28)26-12-15-6-4-3-5-7-15/h3-10H,12-13H2,1-2H3,(H,26,28)(H,27,29). The van der Waals surface area contributed by atoms with Crippen LogP contribution >= 0.6 is 15.9 Å². The number of ether oxygens (including phenoxy) is 2. The summed E-state index contributed by atoms with van der Waals surface area (Å²) in [5.74, 6) is 0.451. The van der Waals surface area contributed by atoms with Crippen LogP contribution in [0, 0.1) is 18.3 Å². The fourth-order valence-corrected chi connectivity index (χ4v) is 3.55. The molecule has 8 heteroatoms. The first-order valence-corrected chi connectivity index (χ1v) is 10.2. The van der Waals surface area contributed by atoms with Gasteiger partial charge in [0.15, 0.2) is 18.1 Å². The third kappa shape index (κ3) is 5.32. The summed E-state index contributed by atoms with van der Waals surface area (Å²) in [5.41, 5.74) is 2.23. The third-order valence-electron chi connectivity index (χ3n) is 4.51. The van der Waals surface area contributed by atoms with Crippen molar-refractivity contribution in [3.8, 4) is 28.7 Å². The van der Waals surface area contributed by atoms with Gasteiger partial charge in [-0.15, -0.1) is 0 Å². The average Bonchev–Trinajstić information content (AvgIpc) is 2.76. The summed E-state index contributed by atoms with van der Waals surface area (Å²) >= 11 is 3.47. The number of nitrogens with zero attached hydrogens (tertiary/aromatic N) is 1. The number of nitrogens with one attached hydrogen (secondary N) is 2. The molecule has 0 spiro atoms. The van der Waals surface area contributed by atoms with Gasteiger partial charge in [0, 0.05) is 27.8 Å². The van der Waals surface area contributed by atoms with E-state index in [1.165, 1.54) is 7.11 Å². The molecule has 0 saturated carbocycles. The molecule has 0 saturated heterocycles. The minimum absolute atomic E-state index is 0.00214. The van der Waals surface area contributed by atoms with Crippen LogP contribution in [-0.2, 0) is 11.3 Å². The molecule has 2 aromatic carbocycles. The Morgan fingerprint density at radius 3 is 2.58 bits per heavy atom. The topological polar surface area (TPSA) is 104 Å². The fourth-order valence-electron chi connectivity index (χ4n) is 3.02. The SMILES string of the molecule is COc1cc(-c2cc(C)[nH]c(=O)c2C#N)c(Br)cc1OCC(=O)NCc1ccccc1. The second kappa shape index (κ2) is 9.96. The average molecular weight is 482 g/mol. The lowest BCUT2D eigenvalue weighted by molar-refractivity contribution is -0.123. The van der Waals surface area contributed by atoms with E-state index in [0.717, 1.165) is 5.56 Å². The van der Waals surface area contributed by atoms with Gasteiger partial charge in [0.25, 0.3) is 11.5 Å². The van der Waals surface area contributed by atoms with Crippen LogP contribution in [0.4, 0.5) is 0 Å². The van der Waals surface area contributed by atoms with E-state index < -0.39 is 5.56 Å². The summed E-state index contributed by atoms with van der Waals surface area (Å²) in [4.78, 5) is 26.9. The minimum Gasteiger partial charge on any atom is -0.493 e. The lowest BCUT2D eigenvalue weighted by Crippen LogP contribution is -2.28. The van der Waals surface area contributed by atoms with Gasteiger partial charge in [-0.2, -0.15) is 5.26 Å². The molecule has 0 atom stereocenters. The first-order valence-electron chi connectivity index (χ1n) is 9.38. The molecule has 0 aliphatic heterocycles. The Labute approximate surface area is 187 Å². The van der Waals surface area contributed by atoms with E-state index >= 15 is 0 Å². The Morgan fingerprint density at radius 1 is 1.16 bits per heavy atom. The first kappa shape index (κ1) is 22.1. The van der Waals surface area contributed by atoms with E-state index in [4.69, 9.17) is 9.47 Å². The van der Waals surface area contributed by atoms with Crippen LogP contribution in [-0.4, -0.2) is 24.6 Å². The van der Waals surface area contributed by atoms with Gasteiger partial charge in [-0.1, -0.05) is 46.3 Å². The number of nitriles is 1. The van der Waals surface area contributed by atoms with E-state index in [9.17, 15) is 14.9 Å². The monoisotopic (exact) mass is 481 g/mol. The summed E-state index contributed by atoms with van der Waals surface area (Å²) in [7, 11) is 1.48. The van der Waals surface area contributed by atoms with Crippen LogP contribution in [0.2, 0.25) is 0 Å². The Hall–Kier alpha value is -3.57. The van der Waals surface area contributed by atoms with Gasteiger partial charge in [0.2, 0.25) is 0 Å². The Morgan fingerprint density at radius 2 is 1.90 bits per heavy atom. The van der Waals surface area contributed by atoms with Crippen molar-refractivity contribution in [2.75, 3.05) is 13.7 Å². The Bertz CT molecular complexity index is 1200. The molecule has 0 aliphatic rings. The normalized spacial score (nSPS) is 10.3. The number of H-pyrrole nitrogens is 1. The van der Waals surface area contributed by atoms with E-state index in [2.05, 4.69) is 26.2 Å². The zero-order chi connectivity index (χ0) is 22.4. The van der Waals surface area contributed by atoms with Crippen molar-refractivity contribution in [1.82, 2.24) is 10.3 Å². The molecular weight excluding hydrogens is 462 g/mol. The Kier molecular flexibility index (Phi) is 7.11. The van der Waals surface area contributed by atoms with Gasteiger partial charge in [0.1, 0.15) is 11.6 Å². The molecule has 0 bridgehead atoms. The number of methoxy groups -OCH3 is 1. The van der Waals surface area contributed by atoms with E-state index in [1.807, 2.05) is 36.4 Å². The number of hydrogen-bond donors (Lipinski definition) is 2. The maximum Gasteiger partial charge on any atom is 0.266 e. The molecule has 158 valence electrons. The summed E-state index contributed by atoms with van der Waals surface area (Å²) < 4.78 is 11.7. The molecular formula is C23H20BrN3O4. The molecule has 0 fully saturated rings. The van der Waals surface area contributed by atoms with Gasteiger partial charge in [-0.05, 0) is 30.7 Å². The molecule has 1 aromatic heterocycles. The predicted octanol–water partition coefficient (Wildman–Crippen LogP) is 3.69. The summed E-state index contributed by atoms with van der Waals surface area (Å²) in [5, 5.41) is 12.2. The fraction of sp³-hybridized carbons (Fsp3) is 0.174. The van der Waals surface area contributed by atoms with Crippen LogP contribution < -0.4 is 20.3 Å². The number of pyridine rings is 1. The summed E-state index contributed by atoms with van der Waals surface area (Å²) in [6.07, 6.45) is 0. The molecule has 31 heavy (non-hydrogen) atoms. The summed E-state index contributed by atoms with van der Waals surface area (Å²) in [6, 6.07) is 16.5. The lowest BCUT2D eigenvalue weighted by Gasteiger charge is -2.15. The maximum atomic E-state index is 12.2. The van der Waals surface area contributed by atoms with Crippen molar-refractivity contribution >= 4 is 21.8 Å². The number of aromatic nitrogens is 1. The van der Waals surface area contributed by atoms with E-state index in [-0.39, 0.29) is 18.1 Å². The Balaban J connectivity index is 1.80. The molecule has 7 nitrogen and oxygen atoms in total. The van der Waals surface area contributed by atoms with Crippen LogP contribution in [0.15, 0.2) is 57.8 Å². The number of rotatable bonds is 7. The van der Waals surface area contributed by atoms with Crippen molar-refractivity contribution < 1.29 is 14.3 Å². The van der Waals surface area contributed by atoms with Gasteiger partial charge in [-0.3, -0.25) is 9.59 Å². The van der Waals surface area contributed by atoms with E-state index in [1.54, 1.807) is 25.1 Å². The molecule has 0 aliphatic carbocycles. The molecule has 0 radical (unpaired) electrons. The van der Waals surface area contributed by atoms with Crippen LogP contribution in [0.5, 0.6) is 11.5 Å². The number of amides is 1. The summed E-state index contributed by atoms with van der Waals surface area (Å²) in [6.45, 7) is 1.95. The highest BCUT2D eigenvalue weighted by atomic mass is 79.9. The smallest absolute Gasteiger partial charge is 0.266 e. The number of carbonyl (C=O) groups is 1. The highest BCUT2D eigenvalue weighted by Crippen LogP contribution is 2.39. The molecule has 0 unspecified atom stereocenters. The number of carbonyl (C=O) groups excluding carboxylic acids is 1. The van der Waals surface area contributed by atoms with Gasteiger partial charge < -0.3 is 19.8 Å². The van der Waals surface area contributed by atoms with Gasteiger partial charge in [0.05, 0.1) is 7.11 Å². The quantitative estimate of drug-likeness (QED) is 0.535. The van der Waals surface area contributed by atoms with Crippen molar-refractivity contribution in [1.29, 1.82) is 5.26 Å². The predicted molar refractivity (Wildman–Crippen MR) is 120 cm³/mol. The van der Waals surface area contributed by atoms with E-state index in [0.29, 0.717) is 39.3 Å². The highest BCUT2D eigenvalue weighted by molar-refractivity contribution is 9.10. The van der Waals surface area contributed by atoms with Crippen LogP contribution in [0.3, 0.4) is 0 Å². The first-order chi connectivity index (χ1) is 14.9. The number of aryl methyl sites for hydroxylation is 1. The molecule has 3 rings (SSSR count). The largest absolute Gasteiger partial charge is 0.493 e. The minimum atomic E-state index is -0.459. The zero-order valence-electron chi connectivity index (χ0n) is 17.0. The second-order valence-corrected chi connectivity index (χ2v) is 7.57. The second-order valence-electron chi connectivity index (χ2n) is 6.72. The molecule has 1 amide bonds. The van der Waals surface area contributed by atoms with Gasteiger partial charge >= 0.3 is 0 Å². The van der Waals surface area contributed by atoms with Crippen molar-refractivity contribution in [2.45, 2.75) is 13.5 Å². The highest BCUT2D eigenvalue weighted by Gasteiger charge is 2.17. The lowest BCUT2D eigenvalue weighted by atomic mass is 10.0. The maximum absolute atomic E-state index is 12.2. The number of hydrogen-bond acceptors (Lipinski definition) is 5. The van der Waals surface area contributed by atoms with Crippen LogP contribution in [0.25, 0.3) is 11.1 Å². The molecule has 3 aromatic rings. The third-order valence-corrected chi connectivity index (χ3v) is 5.17. The molecule has 2 N–H and O–H groups in total. The van der Waals surface area contributed by atoms with Crippen molar-refractivity contribution in [3.05, 3.63) is 80.2 Å². The number of benzene rings is 2. The zero-order valence-corrected chi connectivity index (χ0v) is 18.6.